The SMILES string of the molecule is COc1cc(/C=N/NC(=O)c2nnn(-c3nonc3N)c2COc2ccc(F)cc2)ccc1OCc1ccc(F)cc1. The number of hydrazone groups is 1. The zero-order valence-electron chi connectivity index (χ0n) is 21.9. The third-order valence-corrected chi connectivity index (χ3v) is 5.74. The Labute approximate surface area is 236 Å². The second-order valence-corrected chi connectivity index (χ2v) is 8.54. The van der Waals surface area contributed by atoms with E-state index < -0.39 is 11.7 Å². The second-order valence-electron chi connectivity index (χ2n) is 8.54. The molecule has 1 amide bonds. The van der Waals surface area contributed by atoms with Gasteiger partial charge < -0.3 is 19.9 Å². The van der Waals surface area contributed by atoms with E-state index >= 15 is 0 Å². The van der Waals surface area contributed by atoms with E-state index in [0.717, 1.165) is 10.2 Å². The molecule has 0 saturated heterocycles. The third-order valence-electron chi connectivity index (χ3n) is 5.74. The maximum atomic E-state index is 13.3. The summed E-state index contributed by atoms with van der Waals surface area (Å²) in [5.41, 5.74) is 9.56. The van der Waals surface area contributed by atoms with E-state index in [9.17, 15) is 13.6 Å². The highest BCUT2D eigenvalue weighted by Gasteiger charge is 2.24. The Morgan fingerprint density at radius 1 is 1.00 bits per heavy atom. The monoisotopic (exact) mass is 576 g/mol. The van der Waals surface area contributed by atoms with Crippen molar-refractivity contribution in [3.8, 4) is 23.1 Å². The third kappa shape index (κ3) is 6.47. The smallest absolute Gasteiger partial charge is 0.293 e. The second kappa shape index (κ2) is 12.5. The van der Waals surface area contributed by atoms with Crippen LogP contribution in [0.2, 0.25) is 0 Å². The molecule has 0 atom stereocenters. The van der Waals surface area contributed by atoms with Crippen molar-refractivity contribution in [3.05, 3.63) is 101 Å². The molecule has 5 aromatic rings. The van der Waals surface area contributed by atoms with Gasteiger partial charge in [-0.05, 0) is 76.0 Å². The van der Waals surface area contributed by atoms with Crippen LogP contribution in [0, 0.1) is 11.6 Å². The summed E-state index contributed by atoms with van der Waals surface area (Å²) in [4.78, 5) is 13.0. The van der Waals surface area contributed by atoms with Crippen LogP contribution in [0.25, 0.3) is 5.82 Å². The van der Waals surface area contributed by atoms with Crippen LogP contribution in [0.5, 0.6) is 17.2 Å². The normalized spacial score (nSPS) is 11.0. The summed E-state index contributed by atoms with van der Waals surface area (Å²) < 4.78 is 49.1. The quantitative estimate of drug-likeness (QED) is 0.176. The first-order valence-corrected chi connectivity index (χ1v) is 12.2. The Morgan fingerprint density at radius 2 is 1.74 bits per heavy atom. The average molecular weight is 577 g/mol. The van der Waals surface area contributed by atoms with E-state index in [4.69, 9.17) is 19.9 Å². The zero-order valence-corrected chi connectivity index (χ0v) is 21.9. The standard InChI is InChI=1S/C27H22F2N8O5/c1-39-23-12-17(4-11-22(23)41-14-16-2-5-18(28)6-3-16)13-31-33-27(38)24-21(15-40-20-9-7-19(29)8-10-20)37(36-32-24)26-25(30)34-42-35-26/h2-13H,14-15H2,1H3,(H2,30,34)(H,33,38)/b31-13+. The number of rotatable bonds is 11. The summed E-state index contributed by atoms with van der Waals surface area (Å²) in [6.45, 7) is -0.00193. The molecule has 15 heteroatoms. The summed E-state index contributed by atoms with van der Waals surface area (Å²) in [7, 11) is 1.48. The molecule has 2 heterocycles. The lowest BCUT2D eigenvalue weighted by Gasteiger charge is -2.11. The summed E-state index contributed by atoms with van der Waals surface area (Å²) in [5.74, 6) is -0.346. The Morgan fingerprint density at radius 3 is 2.43 bits per heavy atom. The van der Waals surface area contributed by atoms with Crippen molar-refractivity contribution in [1.82, 2.24) is 30.7 Å². The van der Waals surface area contributed by atoms with E-state index in [-0.39, 0.29) is 42.1 Å². The van der Waals surface area contributed by atoms with Gasteiger partial charge in [0.15, 0.2) is 17.2 Å². The summed E-state index contributed by atoms with van der Waals surface area (Å²) in [6, 6.07) is 16.3. The predicted molar refractivity (Wildman–Crippen MR) is 143 cm³/mol. The molecule has 42 heavy (non-hydrogen) atoms. The van der Waals surface area contributed by atoms with Crippen molar-refractivity contribution in [2.24, 2.45) is 5.10 Å². The minimum absolute atomic E-state index is 0.00316. The molecule has 0 unspecified atom stereocenters. The predicted octanol–water partition coefficient (Wildman–Crippen LogP) is 3.44. The van der Waals surface area contributed by atoms with Crippen LogP contribution in [0.1, 0.15) is 27.3 Å². The molecular weight excluding hydrogens is 554 g/mol. The van der Waals surface area contributed by atoms with Crippen LogP contribution >= 0.6 is 0 Å². The molecular formula is C27H22F2N8O5. The van der Waals surface area contributed by atoms with Crippen molar-refractivity contribution >= 4 is 17.9 Å². The number of halogens is 2. The lowest BCUT2D eigenvalue weighted by molar-refractivity contribution is 0.0947. The van der Waals surface area contributed by atoms with E-state index in [0.29, 0.717) is 22.8 Å². The summed E-state index contributed by atoms with van der Waals surface area (Å²) in [6.07, 6.45) is 1.39. The van der Waals surface area contributed by atoms with Crippen molar-refractivity contribution in [3.63, 3.8) is 0 Å². The van der Waals surface area contributed by atoms with Gasteiger partial charge in [0.25, 0.3) is 5.91 Å². The molecule has 0 saturated carbocycles. The fourth-order valence-electron chi connectivity index (χ4n) is 3.64. The first-order chi connectivity index (χ1) is 20.4. The molecule has 5 rings (SSSR count). The molecule has 3 N–H and O–H groups in total. The average Bonchev–Trinajstić information content (AvgIpc) is 3.62. The number of ether oxygens (including phenoxy) is 3. The van der Waals surface area contributed by atoms with Gasteiger partial charge in [-0.1, -0.05) is 17.3 Å². The molecule has 0 radical (unpaired) electrons. The molecule has 0 aliphatic carbocycles. The number of nitrogens with two attached hydrogens (primary N) is 1. The lowest BCUT2D eigenvalue weighted by Crippen LogP contribution is -2.21. The fourth-order valence-corrected chi connectivity index (χ4v) is 3.64. The van der Waals surface area contributed by atoms with E-state index in [1.165, 1.54) is 49.7 Å². The number of amides is 1. The lowest BCUT2D eigenvalue weighted by atomic mass is 10.2. The molecule has 0 bridgehead atoms. The Bertz CT molecular complexity index is 1700. The van der Waals surface area contributed by atoms with Crippen LogP contribution in [-0.4, -0.2) is 44.5 Å². The summed E-state index contributed by atoms with van der Waals surface area (Å²) >= 11 is 0. The van der Waals surface area contributed by atoms with Crippen molar-refractivity contribution < 1.29 is 32.4 Å². The molecule has 214 valence electrons. The number of carbonyl (C=O) groups is 1. The van der Waals surface area contributed by atoms with Crippen LogP contribution in [0.3, 0.4) is 0 Å². The highest BCUT2D eigenvalue weighted by Crippen LogP contribution is 2.28. The van der Waals surface area contributed by atoms with Gasteiger partial charge in [-0.2, -0.15) is 9.78 Å². The van der Waals surface area contributed by atoms with Crippen molar-refractivity contribution in [1.29, 1.82) is 0 Å². The van der Waals surface area contributed by atoms with Crippen LogP contribution in [-0.2, 0) is 13.2 Å². The summed E-state index contributed by atoms with van der Waals surface area (Å²) in [5, 5.41) is 19.1. The Balaban J connectivity index is 1.28. The number of hydrogen-bond donors (Lipinski definition) is 2. The number of aromatic nitrogens is 5. The Kier molecular flexibility index (Phi) is 8.27. The van der Waals surface area contributed by atoms with Gasteiger partial charge >= 0.3 is 0 Å². The maximum absolute atomic E-state index is 13.3. The maximum Gasteiger partial charge on any atom is 0.293 e. The number of anilines is 1. The van der Waals surface area contributed by atoms with Crippen molar-refractivity contribution in [2.75, 3.05) is 12.8 Å². The highest BCUT2D eigenvalue weighted by molar-refractivity contribution is 5.94. The van der Waals surface area contributed by atoms with Gasteiger partial charge in [0.05, 0.1) is 13.3 Å². The number of nitrogen functional groups attached to an aromatic ring is 1. The van der Waals surface area contributed by atoms with Crippen molar-refractivity contribution in [2.45, 2.75) is 13.2 Å². The molecule has 0 aliphatic heterocycles. The van der Waals surface area contributed by atoms with Gasteiger partial charge in [0.2, 0.25) is 11.6 Å². The van der Waals surface area contributed by atoms with E-state index in [1.54, 1.807) is 30.3 Å². The number of methoxy groups -OCH3 is 1. The number of carbonyl (C=O) groups excluding carboxylic acids is 1. The van der Waals surface area contributed by atoms with Crippen LogP contribution < -0.4 is 25.4 Å². The topological polar surface area (TPSA) is 165 Å². The minimum atomic E-state index is -0.712. The first kappa shape index (κ1) is 27.7. The molecule has 13 nitrogen and oxygen atoms in total. The van der Waals surface area contributed by atoms with Crippen LogP contribution in [0.15, 0.2) is 76.5 Å². The Hall–Kier alpha value is -5.86. The van der Waals surface area contributed by atoms with Gasteiger partial charge in [-0.3, -0.25) is 4.79 Å². The molecule has 0 aliphatic rings. The minimum Gasteiger partial charge on any atom is -0.493 e. The van der Waals surface area contributed by atoms with Gasteiger partial charge in [-0.15, -0.1) is 5.10 Å². The van der Waals surface area contributed by atoms with E-state index in [2.05, 4.69) is 35.8 Å². The number of nitrogens with one attached hydrogen (secondary N) is 1. The molecule has 3 aromatic carbocycles. The zero-order chi connectivity index (χ0) is 29.5. The van der Waals surface area contributed by atoms with Gasteiger partial charge in [0, 0.05) is 0 Å². The van der Waals surface area contributed by atoms with Crippen LogP contribution in [0.4, 0.5) is 14.6 Å². The number of hydrogen-bond acceptors (Lipinski definition) is 11. The number of nitrogens with zero attached hydrogens (tertiary/aromatic N) is 6. The largest absolute Gasteiger partial charge is 0.493 e. The molecule has 0 fully saturated rings. The molecule has 0 spiro atoms. The van der Waals surface area contributed by atoms with Gasteiger partial charge in [-0.25, -0.2) is 18.8 Å². The molecule has 2 aromatic heterocycles. The van der Waals surface area contributed by atoms with Gasteiger partial charge in [0.1, 0.15) is 36.3 Å². The fraction of sp³-hybridized carbons (Fsp3) is 0.111. The highest BCUT2D eigenvalue weighted by atomic mass is 19.1. The number of benzene rings is 3. The first-order valence-electron chi connectivity index (χ1n) is 12.2. The van der Waals surface area contributed by atoms with E-state index in [1.807, 2.05) is 0 Å².